The van der Waals surface area contributed by atoms with E-state index in [1.165, 1.54) is 0 Å². The summed E-state index contributed by atoms with van der Waals surface area (Å²) in [6, 6.07) is 5.65. The van der Waals surface area contributed by atoms with Crippen molar-refractivity contribution in [3.05, 3.63) is 51.5 Å². The summed E-state index contributed by atoms with van der Waals surface area (Å²) in [5, 5.41) is 0.690. The normalized spacial score (nSPS) is 12.6. The molecule has 0 aliphatic rings. The van der Waals surface area contributed by atoms with Gasteiger partial charge in [-0.3, -0.25) is 0 Å². The first-order chi connectivity index (χ1) is 9.11. The summed E-state index contributed by atoms with van der Waals surface area (Å²) in [5.74, 6) is 1.01. The summed E-state index contributed by atoms with van der Waals surface area (Å²) >= 11 is 9.62. The second kappa shape index (κ2) is 6.55. The molecule has 1 atom stereocenters. The van der Waals surface area contributed by atoms with Crippen LogP contribution in [0.3, 0.4) is 0 Å². The van der Waals surface area contributed by atoms with Crippen LogP contribution in [-0.4, -0.2) is 9.55 Å². The van der Waals surface area contributed by atoms with Crippen molar-refractivity contribution in [1.82, 2.24) is 9.55 Å². The van der Waals surface area contributed by atoms with Gasteiger partial charge in [-0.25, -0.2) is 4.98 Å². The van der Waals surface area contributed by atoms with E-state index < -0.39 is 0 Å². The molecular weight excluding hydrogens is 326 g/mol. The Kier molecular flexibility index (Phi) is 5.02. The first-order valence-corrected chi connectivity index (χ1v) is 7.49. The smallest absolute Gasteiger partial charge is 0.110 e. The van der Waals surface area contributed by atoms with Crippen LogP contribution in [0, 0.1) is 0 Å². The molecule has 0 aliphatic heterocycles. The van der Waals surface area contributed by atoms with E-state index in [-0.39, 0.29) is 6.04 Å². The number of halogens is 2. The molecule has 0 spiro atoms. The lowest BCUT2D eigenvalue weighted by molar-refractivity contribution is 0.599. The maximum atomic E-state index is 6.25. The largest absolute Gasteiger partial charge is 0.335 e. The molecule has 1 aromatic heterocycles. The van der Waals surface area contributed by atoms with Crippen LogP contribution >= 0.6 is 27.5 Å². The van der Waals surface area contributed by atoms with Crippen LogP contribution in [0.1, 0.15) is 30.8 Å². The SMILES string of the molecule is CCCn1ccnc1CC(N)c1ccc(Br)cc1Cl. The highest BCUT2D eigenvalue weighted by molar-refractivity contribution is 9.10. The summed E-state index contributed by atoms with van der Waals surface area (Å²) in [4.78, 5) is 4.38. The van der Waals surface area contributed by atoms with Crippen molar-refractivity contribution in [1.29, 1.82) is 0 Å². The molecule has 0 saturated carbocycles. The minimum Gasteiger partial charge on any atom is -0.335 e. The molecule has 0 aliphatic carbocycles. The molecule has 1 heterocycles. The van der Waals surface area contributed by atoms with Gasteiger partial charge in [0.25, 0.3) is 0 Å². The minimum atomic E-state index is -0.140. The predicted molar refractivity (Wildman–Crippen MR) is 82.3 cm³/mol. The average Bonchev–Trinajstić information content (AvgIpc) is 2.77. The van der Waals surface area contributed by atoms with Gasteiger partial charge in [0.1, 0.15) is 5.82 Å². The van der Waals surface area contributed by atoms with E-state index in [4.69, 9.17) is 17.3 Å². The van der Waals surface area contributed by atoms with Crippen LogP contribution < -0.4 is 5.73 Å². The monoisotopic (exact) mass is 341 g/mol. The second-order valence-corrected chi connectivity index (χ2v) is 5.84. The van der Waals surface area contributed by atoms with E-state index >= 15 is 0 Å². The third kappa shape index (κ3) is 3.59. The topological polar surface area (TPSA) is 43.8 Å². The highest BCUT2D eigenvalue weighted by atomic mass is 79.9. The Balaban J connectivity index is 2.16. The van der Waals surface area contributed by atoms with Crippen LogP contribution in [0.25, 0.3) is 0 Å². The van der Waals surface area contributed by atoms with E-state index in [0.717, 1.165) is 28.8 Å². The Labute approximate surface area is 126 Å². The maximum absolute atomic E-state index is 6.25. The van der Waals surface area contributed by atoms with Gasteiger partial charge in [-0.2, -0.15) is 0 Å². The lowest BCUT2D eigenvalue weighted by Crippen LogP contribution is -2.17. The first kappa shape index (κ1) is 14.6. The average molecular weight is 343 g/mol. The van der Waals surface area contributed by atoms with Crippen molar-refractivity contribution in [3.8, 4) is 0 Å². The van der Waals surface area contributed by atoms with E-state index in [1.807, 2.05) is 30.6 Å². The van der Waals surface area contributed by atoms with E-state index in [2.05, 4.69) is 32.4 Å². The quantitative estimate of drug-likeness (QED) is 0.894. The number of aromatic nitrogens is 2. The van der Waals surface area contributed by atoms with Gasteiger partial charge in [0.05, 0.1) is 0 Å². The van der Waals surface area contributed by atoms with Crippen LogP contribution in [0.2, 0.25) is 5.02 Å². The van der Waals surface area contributed by atoms with Crippen molar-refractivity contribution in [3.63, 3.8) is 0 Å². The Morgan fingerprint density at radius 3 is 2.95 bits per heavy atom. The molecule has 2 N–H and O–H groups in total. The molecule has 1 aromatic carbocycles. The summed E-state index contributed by atoms with van der Waals surface area (Å²) in [6.07, 6.45) is 5.58. The van der Waals surface area contributed by atoms with Crippen LogP contribution in [0.5, 0.6) is 0 Å². The first-order valence-electron chi connectivity index (χ1n) is 6.32. The van der Waals surface area contributed by atoms with E-state index in [0.29, 0.717) is 11.4 Å². The Bertz CT molecular complexity index is 553. The third-order valence-electron chi connectivity index (χ3n) is 3.03. The van der Waals surface area contributed by atoms with Gasteiger partial charge >= 0.3 is 0 Å². The predicted octanol–water partition coefficient (Wildman–Crippen LogP) is 3.95. The number of hydrogen-bond donors (Lipinski definition) is 1. The molecular formula is C14H17BrClN3. The van der Waals surface area contributed by atoms with Gasteiger partial charge in [-0.05, 0) is 24.1 Å². The number of imidazole rings is 1. The summed E-state index contributed by atoms with van der Waals surface area (Å²) < 4.78 is 3.10. The molecule has 0 amide bonds. The molecule has 0 bridgehead atoms. The van der Waals surface area contributed by atoms with Crippen LogP contribution in [-0.2, 0) is 13.0 Å². The van der Waals surface area contributed by atoms with Crippen molar-refractivity contribution in [2.75, 3.05) is 0 Å². The molecule has 0 saturated heterocycles. The van der Waals surface area contributed by atoms with Crippen molar-refractivity contribution >= 4 is 27.5 Å². The highest BCUT2D eigenvalue weighted by Gasteiger charge is 2.14. The number of nitrogens with zero attached hydrogens (tertiary/aromatic N) is 2. The zero-order valence-corrected chi connectivity index (χ0v) is 13.2. The Morgan fingerprint density at radius 2 is 2.26 bits per heavy atom. The number of aryl methyl sites for hydroxylation is 1. The summed E-state index contributed by atoms with van der Waals surface area (Å²) in [6.45, 7) is 3.12. The number of rotatable bonds is 5. The molecule has 1 unspecified atom stereocenters. The standard InChI is InChI=1S/C14H17BrClN3/c1-2-6-19-7-5-18-14(19)9-13(17)11-4-3-10(15)8-12(11)16/h3-5,7-8,13H,2,6,9,17H2,1H3. The highest BCUT2D eigenvalue weighted by Crippen LogP contribution is 2.27. The third-order valence-corrected chi connectivity index (χ3v) is 3.85. The van der Waals surface area contributed by atoms with Gasteiger partial charge < -0.3 is 10.3 Å². The van der Waals surface area contributed by atoms with Crippen LogP contribution in [0.4, 0.5) is 0 Å². The van der Waals surface area contributed by atoms with E-state index in [1.54, 1.807) is 0 Å². The van der Waals surface area contributed by atoms with Gasteiger partial charge in [0.15, 0.2) is 0 Å². The number of nitrogens with two attached hydrogens (primary N) is 1. The molecule has 2 rings (SSSR count). The second-order valence-electron chi connectivity index (χ2n) is 4.51. The van der Waals surface area contributed by atoms with Gasteiger partial charge in [-0.1, -0.05) is 40.5 Å². The van der Waals surface area contributed by atoms with Crippen LogP contribution in [0.15, 0.2) is 35.1 Å². The van der Waals surface area contributed by atoms with Crippen molar-refractivity contribution in [2.45, 2.75) is 32.4 Å². The molecule has 5 heteroatoms. The zero-order valence-electron chi connectivity index (χ0n) is 10.8. The summed E-state index contributed by atoms with van der Waals surface area (Å²) in [7, 11) is 0. The van der Waals surface area contributed by atoms with Gasteiger partial charge in [-0.15, -0.1) is 0 Å². The molecule has 102 valence electrons. The molecule has 19 heavy (non-hydrogen) atoms. The minimum absolute atomic E-state index is 0.140. The van der Waals surface area contributed by atoms with Gasteiger partial charge in [0.2, 0.25) is 0 Å². The maximum Gasteiger partial charge on any atom is 0.110 e. The Hall–Kier alpha value is -0.840. The molecule has 0 fully saturated rings. The fraction of sp³-hybridized carbons (Fsp3) is 0.357. The molecule has 2 aromatic rings. The van der Waals surface area contributed by atoms with E-state index in [9.17, 15) is 0 Å². The number of hydrogen-bond acceptors (Lipinski definition) is 2. The van der Waals surface area contributed by atoms with Crippen molar-refractivity contribution in [2.24, 2.45) is 5.73 Å². The van der Waals surface area contributed by atoms with Gasteiger partial charge in [0, 0.05) is 40.9 Å². The van der Waals surface area contributed by atoms with Crippen molar-refractivity contribution < 1.29 is 0 Å². The fourth-order valence-corrected chi connectivity index (χ4v) is 2.90. The molecule has 3 nitrogen and oxygen atoms in total. The number of benzene rings is 1. The lowest BCUT2D eigenvalue weighted by atomic mass is 10.0. The zero-order chi connectivity index (χ0) is 13.8. The molecule has 0 radical (unpaired) electrons. The lowest BCUT2D eigenvalue weighted by Gasteiger charge is -2.15. The summed E-state index contributed by atoms with van der Waals surface area (Å²) in [5.41, 5.74) is 7.20. The fourth-order valence-electron chi connectivity index (χ4n) is 2.08. The Morgan fingerprint density at radius 1 is 1.47 bits per heavy atom.